The van der Waals surface area contributed by atoms with Crippen molar-refractivity contribution >= 4 is 13.3 Å². The van der Waals surface area contributed by atoms with E-state index >= 15 is 0 Å². The second-order valence-electron chi connectivity index (χ2n) is 4.96. The van der Waals surface area contributed by atoms with Gasteiger partial charge in [0.15, 0.2) is 0 Å². The molecule has 100 valence electrons. The number of fused-ring (bicyclic) bond motifs is 1. The smallest absolute Gasteiger partial charge is 0.325 e. The first-order valence-electron chi connectivity index (χ1n) is 6.38. The van der Waals surface area contributed by atoms with Crippen molar-refractivity contribution in [2.24, 2.45) is 5.92 Å². The molecule has 2 atom stereocenters. The van der Waals surface area contributed by atoms with Gasteiger partial charge in [-0.3, -0.25) is 4.57 Å². The van der Waals surface area contributed by atoms with Crippen LogP contribution in [0.5, 0.6) is 0 Å². The van der Waals surface area contributed by atoms with Crippen LogP contribution in [0.1, 0.15) is 25.3 Å². The van der Waals surface area contributed by atoms with E-state index in [1.165, 1.54) is 5.56 Å². The summed E-state index contributed by atoms with van der Waals surface area (Å²) in [6, 6.07) is 8.33. The van der Waals surface area contributed by atoms with E-state index in [4.69, 9.17) is 9.79 Å². The van der Waals surface area contributed by atoms with Crippen LogP contribution in [-0.4, -0.2) is 22.0 Å². The zero-order valence-corrected chi connectivity index (χ0v) is 11.4. The standard InChI is InChI=1S/C13H20NO3P/c1-2-10-9-11-5-3-4-6-12(11)14-13(10)7-8-18(15,16)17/h3-6,10,13-14H,2,7-9H2,1H3,(H2,15,16,17). The lowest BCUT2D eigenvalue weighted by Gasteiger charge is -2.34. The van der Waals surface area contributed by atoms with Gasteiger partial charge >= 0.3 is 7.60 Å². The minimum Gasteiger partial charge on any atom is -0.382 e. The molecule has 1 aliphatic rings. The lowest BCUT2D eigenvalue weighted by Crippen LogP contribution is -2.35. The zero-order chi connectivity index (χ0) is 13.2. The van der Waals surface area contributed by atoms with E-state index in [1.807, 2.05) is 18.2 Å². The van der Waals surface area contributed by atoms with Crippen molar-refractivity contribution in [3.8, 4) is 0 Å². The second kappa shape index (κ2) is 5.43. The van der Waals surface area contributed by atoms with Gasteiger partial charge in [-0.2, -0.15) is 0 Å². The molecule has 0 aliphatic carbocycles. The molecule has 1 aliphatic heterocycles. The van der Waals surface area contributed by atoms with Crippen LogP contribution in [0, 0.1) is 5.92 Å². The van der Waals surface area contributed by atoms with Gasteiger partial charge < -0.3 is 15.1 Å². The third-order valence-electron chi connectivity index (χ3n) is 3.67. The fraction of sp³-hybridized carbons (Fsp3) is 0.538. The van der Waals surface area contributed by atoms with Crippen molar-refractivity contribution in [3.05, 3.63) is 29.8 Å². The fourth-order valence-electron chi connectivity index (χ4n) is 2.63. The second-order valence-corrected chi connectivity index (χ2v) is 6.73. The maximum Gasteiger partial charge on any atom is 0.325 e. The van der Waals surface area contributed by atoms with E-state index in [0.717, 1.165) is 18.5 Å². The molecule has 0 saturated heterocycles. The molecule has 3 N–H and O–H groups in total. The Morgan fingerprint density at radius 2 is 2.11 bits per heavy atom. The monoisotopic (exact) mass is 269 g/mol. The van der Waals surface area contributed by atoms with Crippen molar-refractivity contribution in [2.75, 3.05) is 11.5 Å². The molecule has 2 unspecified atom stereocenters. The van der Waals surface area contributed by atoms with Crippen LogP contribution in [0.4, 0.5) is 5.69 Å². The van der Waals surface area contributed by atoms with E-state index in [0.29, 0.717) is 12.3 Å². The number of benzene rings is 1. The third-order valence-corrected chi connectivity index (χ3v) is 4.51. The molecule has 1 heterocycles. The quantitative estimate of drug-likeness (QED) is 0.735. The van der Waals surface area contributed by atoms with Gasteiger partial charge in [-0.15, -0.1) is 0 Å². The predicted molar refractivity (Wildman–Crippen MR) is 72.9 cm³/mol. The lowest BCUT2D eigenvalue weighted by atomic mass is 9.84. The van der Waals surface area contributed by atoms with E-state index in [1.54, 1.807) is 0 Å². The highest BCUT2D eigenvalue weighted by molar-refractivity contribution is 7.51. The van der Waals surface area contributed by atoms with E-state index < -0.39 is 7.60 Å². The maximum absolute atomic E-state index is 11.0. The fourth-order valence-corrected chi connectivity index (χ4v) is 3.24. The Labute approximate surface area is 108 Å². The Kier molecular flexibility index (Phi) is 4.10. The Balaban J connectivity index is 2.09. The summed E-state index contributed by atoms with van der Waals surface area (Å²) in [4.78, 5) is 18.0. The molecule has 1 aromatic carbocycles. The average Bonchev–Trinajstić information content (AvgIpc) is 2.34. The summed E-state index contributed by atoms with van der Waals surface area (Å²) < 4.78 is 11.0. The number of hydrogen-bond donors (Lipinski definition) is 3. The SMILES string of the molecule is CCC1Cc2ccccc2NC1CCP(=O)(O)O. The molecule has 4 nitrogen and oxygen atoms in total. The van der Waals surface area contributed by atoms with Crippen LogP contribution in [0.3, 0.4) is 0 Å². The highest BCUT2D eigenvalue weighted by Crippen LogP contribution is 2.38. The van der Waals surface area contributed by atoms with Crippen LogP contribution in [0.15, 0.2) is 24.3 Å². The summed E-state index contributed by atoms with van der Waals surface area (Å²) in [6.45, 7) is 2.13. The van der Waals surface area contributed by atoms with E-state index in [9.17, 15) is 4.57 Å². The van der Waals surface area contributed by atoms with Gasteiger partial charge in [0.05, 0.1) is 6.16 Å². The number of anilines is 1. The Hall–Kier alpha value is -0.830. The van der Waals surface area contributed by atoms with Crippen LogP contribution >= 0.6 is 7.60 Å². The van der Waals surface area contributed by atoms with Crippen molar-refractivity contribution < 1.29 is 14.4 Å². The van der Waals surface area contributed by atoms with Gasteiger partial charge in [-0.1, -0.05) is 31.5 Å². The van der Waals surface area contributed by atoms with E-state index in [2.05, 4.69) is 18.3 Å². The molecule has 0 amide bonds. The van der Waals surface area contributed by atoms with Gasteiger partial charge in [0.2, 0.25) is 0 Å². The Morgan fingerprint density at radius 1 is 1.39 bits per heavy atom. The highest BCUT2D eigenvalue weighted by atomic mass is 31.2. The van der Waals surface area contributed by atoms with Crippen molar-refractivity contribution in [1.82, 2.24) is 0 Å². The molecule has 1 aromatic rings. The Morgan fingerprint density at radius 3 is 2.78 bits per heavy atom. The van der Waals surface area contributed by atoms with Crippen LogP contribution in [0.2, 0.25) is 0 Å². The summed E-state index contributed by atoms with van der Waals surface area (Å²) in [5.41, 5.74) is 2.41. The molecule has 0 spiro atoms. The molecule has 0 saturated carbocycles. The summed E-state index contributed by atoms with van der Waals surface area (Å²) in [5, 5.41) is 3.43. The molecule has 0 aromatic heterocycles. The minimum atomic E-state index is -3.89. The molecule has 18 heavy (non-hydrogen) atoms. The van der Waals surface area contributed by atoms with Crippen LogP contribution in [-0.2, 0) is 11.0 Å². The Bertz CT molecular complexity index is 457. The summed E-state index contributed by atoms with van der Waals surface area (Å²) in [6.07, 6.45) is 2.50. The maximum atomic E-state index is 11.0. The number of nitrogens with one attached hydrogen (secondary N) is 1. The molecule has 0 fully saturated rings. The first-order chi connectivity index (χ1) is 8.49. The van der Waals surface area contributed by atoms with Gasteiger partial charge in [-0.05, 0) is 30.4 Å². The molecular weight excluding hydrogens is 249 g/mol. The van der Waals surface area contributed by atoms with E-state index in [-0.39, 0.29) is 12.2 Å². The first-order valence-corrected chi connectivity index (χ1v) is 8.18. The molecule has 2 rings (SSSR count). The topological polar surface area (TPSA) is 69.6 Å². The summed E-state index contributed by atoms with van der Waals surface area (Å²) in [7, 11) is -3.89. The predicted octanol–water partition coefficient (Wildman–Crippen LogP) is 2.62. The van der Waals surface area contributed by atoms with Crippen molar-refractivity contribution in [1.29, 1.82) is 0 Å². The van der Waals surface area contributed by atoms with Gasteiger partial charge in [0.25, 0.3) is 0 Å². The lowest BCUT2D eigenvalue weighted by molar-refractivity contribution is 0.358. The summed E-state index contributed by atoms with van der Waals surface area (Å²) in [5.74, 6) is 0.450. The van der Waals surface area contributed by atoms with Gasteiger partial charge in [-0.25, -0.2) is 0 Å². The average molecular weight is 269 g/mol. The normalized spacial score (nSPS) is 23.3. The van der Waals surface area contributed by atoms with Gasteiger partial charge in [0, 0.05) is 11.7 Å². The molecular formula is C13H20NO3P. The summed E-state index contributed by atoms with van der Waals surface area (Å²) >= 11 is 0. The third kappa shape index (κ3) is 3.35. The minimum absolute atomic E-state index is 0.0384. The molecule has 0 radical (unpaired) electrons. The highest BCUT2D eigenvalue weighted by Gasteiger charge is 2.28. The van der Waals surface area contributed by atoms with Crippen molar-refractivity contribution in [2.45, 2.75) is 32.2 Å². The van der Waals surface area contributed by atoms with Crippen molar-refractivity contribution in [3.63, 3.8) is 0 Å². The number of hydrogen-bond acceptors (Lipinski definition) is 2. The molecule has 5 heteroatoms. The first kappa shape index (κ1) is 13.6. The van der Waals surface area contributed by atoms with Crippen LogP contribution in [0.25, 0.3) is 0 Å². The largest absolute Gasteiger partial charge is 0.382 e. The number of para-hydroxylation sites is 1. The zero-order valence-electron chi connectivity index (χ0n) is 10.5. The molecule has 0 bridgehead atoms. The number of rotatable bonds is 4. The van der Waals surface area contributed by atoms with Crippen LogP contribution < -0.4 is 5.32 Å². The van der Waals surface area contributed by atoms with Gasteiger partial charge in [0.1, 0.15) is 0 Å².